The second kappa shape index (κ2) is 7.88. The molecule has 0 radical (unpaired) electrons. The fourth-order valence-corrected chi connectivity index (χ4v) is 4.60. The largest absolute Gasteiger partial charge is 0.342 e. The van der Waals surface area contributed by atoms with E-state index in [9.17, 15) is 9.18 Å². The van der Waals surface area contributed by atoms with Crippen LogP contribution in [0.15, 0.2) is 59.4 Å². The van der Waals surface area contributed by atoms with E-state index >= 15 is 0 Å². The van der Waals surface area contributed by atoms with E-state index in [1.54, 1.807) is 12.1 Å². The third-order valence-corrected chi connectivity index (χ3v) is 6.09. The van der Waals surface area contributed by atoms with E-state index in [0.29, 0.717) is 39.0 Å². The Hall–Kier alpha value is -2.84. The molecule has 2 aromatic carbocycles. The zero-order valence-corrected chi connectivity index (χ0v) is 17.6. The molecule has 4 rings (SSSR count). The van der Waals surface area contributed by atoms with Crippen molar-refractivity contribution in [2.24, 2.45) is 0 Å². The Morgan fingerprint density at radius 2 is 1.62 bits per heavy atom. The maximum atomic E-state index is 13.5. The standard InChI is InChI=1S/C21H19FN4OS2/c1-3-24(4-2)20-23-18-17(19(27)26(20)16-12-10-14(22)11-13-16)29-21(28)25(18)15-8-6-5-7-9-15/h5-13H,3-4H2,1-2H3. The first-order chi connectivity index (χ1) is 14.0. The maximum Gasteiger partial charge on any atom is 0.279 e. The quantitative estimate of drug-likeness (QED) is 0.424. The van der Waals surface area contributed by atoms with Crippen molar-refractivity contribution in [3.63, 3.8) is 0 Å². The van der Waals surface area contributed by atoms with Crippen LogP contribution >= 0.6 is 23.6 Å². The second-order valence-electron chi connectivity index (χ2n) is 6.39. The number of fused-ring (bicyclic) bond motifs is 1. The Labute approximate surface area is 176 Å². The van der Waals surface area contributed by atoms with E-state index in [1.165, 1.54) is 28.0 Å². The molecular formula is C21H19FN4OS2. The van der Waals surface area contributed by atoms with Gasteiger partial charge in [-0.1, -0.05) is 29.5 Å². The SMILES string of the molecule is CCN(CC)c1nc2c(sc(=S)n2-c2ccccc2)c(=O)n1-c1ccc(F)cc1. The van der Waals surface area contributed by atoms with Crippen molar-refractivity contribution >= 4 is 39.9 Å². The van der Waals surface area contributed by atoms with Crippen LogP contribution in [0.4, 0.5) is 10.3 Å². The number of hydrogen-bond acceptors (Lipinski definition) is 5. The molecule has 2 aromatic heterocycles. The monoisotopic (exact) mass is 426 g/mol. The summed E-state index contributed by atoms with van der Waals surface area (Å²) in [6.45, 7) is 5.36. The van der Waals surface area contributed by atoms with Crippen molar-refractivity contribution < 1.29 is 4.39 Å². The smallest absolute Gasteiger partial charge is 0.279 e. The molecule has 5 nitrogen and oxygen atoms in total. The molecule has 29 heavy (non-hydrogen) atoms. The van der Waals surface area contributed by atoms with Crippen LogP contribution in [0, 0.1) is 9.77 Å². The van der Waals surface area contributed by atoms with Gasteiger partial charge in [-0.05, 0) is 62.5 Å². The maximum absolute atomic E-state index is 13.5. The van der Waals surface area contributed by atoms with Gasteiger partial charge in [0.1, 0.15) is 10.5 Å². The van der Waals surface area contributed by atoms with Crippen molar-refractivity contribution in [3.8, 4) is 11.4 Å². The lowest BCUT2D eigenvalue weighted by Crippen LogP contribution is -2.32. The minimum atomic E-state index is -0.355. The van der Waals surface area contributed by atoms with Gasteiger partial charge < -0.3 is 4.90 Å². The van der Waals surface area contributed by atoms with Crippen LogP contribution in [-0.4, -0.2) is 27.2 Å². The van der Waals surface area contributed by atoms with Gasteiger partial charge in [0.15, 0.2) is 9.60 Å². The Morgan fingerprint density at radius 1 is 1.00 bits per heavy atom. The van der Waals surface area contributed by atoms with Gasteiger partial charge in [-0.2, -0.15) is 4.98 Å². The molecule has 0 unspecified atom stereocenters. The Kier molecular flexibility index (Phi) is 5.29. The topological polar surface area (TPSA) is 43.1 Å². The molecule has 4 aromatic rings. The number of halogens is 1. The van der Waals surface area contributed by atoms with E-state index in [1.807, 2.05) is 53.6 Å². The molecule has 0 bridgehead atoms. The number of benzene rings is 2. The number of para-hydroxylation sites is 1. The van der Waals surface area contributed by atoms with Gasteiger partial charge in [0.05, 0.1) is 5.69 Å². The number of aromatic nitrogens is 3. The molecule has 0 N–H and O–H groups in total. The van der Waals surface area contributed by atoms with Crippen molar-refractivity contribution in [2.75, 3.05) is 18.0 Å². The van der Waals surface area contributed by atoms with Crippen LogP contribution in [0.25, 0.3) is 21.7 Å². The molecule has 0 saturated carbocycles. The molecular weight excluding hydrogens is 407 g/mol. The van der Waals surface area contributed by atoms with Crippen LogP contribution in [0.5, 0.6) is 0 Å². The van der Waals surface area contributed by atoms with Gasteiger partial charge in [0, 0.05) is 18.8 Å². The summed E-state index contributed by atoms with van der Waals surface area (Å²) in [5.74, 6) is 0.155. The van der Waals surface area contributed by atoms with Crippen LogP contribution in [0.3, 0.4) is 0 Å². The Balaban J connectivity index is 2.10. The van der Waals surface area contributed by atoms with E-state index in [-0.39, 0.29) is 11.4 Å². The predicted octanol–water partition coefficient (Wildman–Crippen LogP) is 4.95. The molecule has 0 saturated heterocycles. The highest BCUT2D eigenvalue weighted by atomic mass is 32.1. The molecule has 0 aliphatic carbocycles. The van der Waals surface area contributed by atoms with E-state index in [2.05, 4.69) is 0 Å². The van der Waals surface area contributed by atoms with Gasteiger partial charge in [0.25, 0.3) is 5.56 Å². The lowest BCUT2D eigenvalue weighted by molar-refractivity contribution is 0.627. The van der Waals surface area contributed by atoms with Crippen LogP contribution < -0.4 is 10.5 Å². The minimum absolute atomic E-state index is 0.214. The summed E-state index contributed by atoms with van der Waals surface area (Å²) in [5.41, 5.74) is 1.75. The second-order valence-corrected chi connectivity index (χ2v) is 8.04. The fourth-order valence-electron chi connectivity index (χ4n) is 3.29. The number of anilines is 1. The third kappa shape index (κ3) is 3.38. The van der Waals surface area contributed by atoms with Crippen LogP contribution in [0.2, 0.25) is 0 Å². The summed E-state index contributed by atoms with van der Waals surface area (Å²) in [7, 11) is 0. The predicted molar refractivity (Wildman–Crippen MR) is 119 cm³/mol. The molecule has 0 fully saturated rings. The first kappa shape index (κ1) is 19.5. The number of rotatable bonds is 5. The van der Waals surface area contributed by atoms with Gasteiger partial charge in [0.2, 0.25) is 5.95 Å². The molecule has 0 amide bonds. The normalized spacial score (nSPS) is 11.1. The van der Waals surface area contributed by atoms with E-state index < -0.39 is 0 Å². The zero-order valence-electron chi connectivity index (χ0n) is 16.0. The molecule has 148 valence electrons. The first-order valence-electron chi connectivity index (χ1n) is 9.30. The van der Waals surface area contributed by atoms with Gasteiger partial charge >= 0.3 is 0 Å². The lowest BCUT2D eigenvalue weighted by Gasteiger charge is -2.23. The van der Waals surface area contributed by atoms with Crippen molar-refractivity contribution in [1.82, 2.24) is 14.1 Å². The van der Waals surface area contributed by atoms with Gasteiger partial charge in [-0.3, -0.25) is 9.36 Å². The molecule has 2 heterocycles. The first-order valence-corrected chi connectivity index (χ1v) is 10.5. The summed E-state index contributed by atoms with van der Waals surface area (Å²) in [5, 5.41) is 0. The molecule has 8 heteroatoms. The summed E-state index contributed by atoms with van der Waals surface area (Å²) >= 11 is 6.80. The van der Waals surface area contributed by atoms with Crippen molar-refractivity contribution in [3.05, 3.63) is 74.7 Å². The Morgan fingerprint density at radius 3 is 2.24 bits per heavy atom. The number of thiazole rings is 1. The van der Waals surface area contributed by atoms with E-state index in [0.717, 1.165) is 5.69 Å². The molecule has 0 aliphatic heterocycles. The van der Waals surface area contributed by atoms with Gasteiger partial charge in [-0.25, -0.2) is 8.96 Å². The third-order valence-electron chi connectivity index (χ3n) is 4.74. The van der Waals surface area contributed by atoms with Crippen LogP contribution in [0.1, 0.15) is 13.8 Å². The Bertz CT molecular complexity index is 1270. The number of nitrogens with zero attached hydrogens (tertiary/aromatic N) is 4. The number of hydrogen-bond donors (Lipinski definition) is 0. The highest BCUT2D eigenvalue weighted by Gasteiger charge is 2.21. The average Bonchev–Trinajstić information content (AvgIpc) is 3.07. The van der Waals surface area contributed by atoms with Crippen molar-refractivity contribution in [1.29, 1.82) is 0 Å². The van der Waals surface area contributed by atoms with Crippen LogP contribution in [-0.2, 0) is 0 Å². The summed E-state index contributed by atoms with van der Waals surface area (Å²) in [6.07, 6.45) is 0. The average molecular weight is 427 g/mol. The minimum Gasteiger partial charge on any atom is -0.342 e. The lowest BCUT2D eigenvalue weighted by atomic mass is 10.3. The highest BCUT2D eigenvalue weighted by Crippen LogP contribution is 2.26. The summed E-state index contributed by atoms with van der Waals surface area (Å²) in [4.78, 5) is 20.4. The summed E-state index contributed by atoms with van der Waals surface area (Å²) < 4.78 is 17.9. The molecule has 0 spiro atoms. The molecule has 0 atom stereocenters. The molecule has 0 aliphatic rings. The fraction of sp³-hybridized carbons (Fsp3) is 0.190. The van der Waals surface area contributed by atoms with E-state index in [4.69, 9.17) is 17.2 Å². The van der Waals surface area contributed by atoms with Crippen molar-refractivity contribution in [2.45, 2.75) is 13.8 Å². The summed E-state index contributed by atoms with van der Waals surface area (Å²) in [6, 6.07) is 15.5. The zero-order chi connectivity index (χ0) is 20.5. The van der Waals surface area contributed by atoms with Gasteiger partial charge in [-0.15, -0.1) is 0 Å². The highest BCUT2D eigenvalue weighted by molar-refractivity contribution is 7.73.